The molecule has 1 N–H and O–H groups in total. The van der Waals surface area contributed by atoms with Crippen LogP contribution in [0.15, 0.2) is 0 Å². The summed E-state index contributed by atoms with van der Waals surface area (Å²) in [5, 5.41) is 2.87. The maximum atomic E-state index is 12.7. The average molecular weight is 268 g/mol. The molecule has 108 valence electrons. The maximum absolute atomic E-state index is 12.7. The topological polar surface area (TPSA) is 58.6 Å². The zero-order valence-electron chi connectivity index (χ0n) is 12.0. The van der Waals surface area contributed by atoms with Gasteiger partial charge in [-0.15, -0.1) is 0 Å². The van der Waals surface area contributed by atoms with E-state index in [2.05, 4.69) is 19.2 Å². The molecule has 0 aliphatic carbocycles. The molecule has 2 aliphatic heterocycles. The molecule has 3 unspecified atom stereocenters. The third-order valence-electron chi connectivity index (χ3n) is 3.85. The third-order valence-corrected chi connectivity index (χ3v) is 3.85. The molecule has 2 aliphatic rings. The molecule has 2 saturated heterocycles. The van der Waals surface area contributed by atoms with Crippen molar-refractivity contribution >= 4 is 11.8 Å². The summed E-state index contributed by atoms with van der Waals surface area (Å²) in [6.07, 6.45) is 1.96. The van der Waals surface area contributed by atoms with Crippen LogP contribution in [0.5, 0.6) is 0 Å². The van der Waals surface area contributed by atoms with Crippen LogP contribution in [0.2, 0.25) is 0 Å². The van der Waals surface area contributed by atoms with Gasteiger partial charge >= 0.3 is 0 Å². The van der Waals surface area contributed by atoms with Crippen molar-refractivity contribution in [3.63, 3.8) is 0 Å². The second kappa shape index (κ2) is 5.90. The van der Waals surface area contributed by atoms with Gasteiger partial charge in [-0.05, 0) is 25.7 Å². The molecule has 2 fully saturated rings. The van der Waals surface area contributed by atoms with E-state index in [1.54, 1.807) is 0 Å². The van der Waals surface area contributed by atoms with Gasteiger partial charge in [-0.3, -0.25) is 9.59 Å². The Bertz CT molecular complexity index is 351. The lowest BCUT2D eigenvalue weighted by Crippen LogP contribution is -2.51. The number of hydrogen-bond donors (Lipinski definition) is 1. The lowest BCUT2D eigenvalue weighted by molar-refractivity contribution is -0.137. The Morgan fingerprint density at radius 3 is 2.74 bits per heavy atom. The number of nitrogens with zero attached hydrogens (tertiary/aromatic N) is 1. The van der Waals surface area contributed by atoms with Gasteiger partial charge in [0.2, 0.25) is 11.8 Å². The van der Waals surface area contributed by atoms with E-state index in [9.17, 15) is 9.59 Å². The number of amides is 2. The molecule has 5 heteroatoms. The molecular formula is C14H24N2O3. The fourth-order valence-electron chi connectivity index (χ4n) is 2.99. The molecule has 3 atom stereocenters. The first-order valence-electron chi connectivity index (χ1n) is 7.18. The van der Waals surface area contributed by atoms with Crippen LogP contribution in [0, 0.1) is 5.92 Å². The Morgan fingerprint density at radius 2 is 2.16 bits per heavy atom. The van der Waals surface area contributed by atoms with Crippen LogP contribution >= 0.6 is 0 Å². The van der Waals surface area contributed by atoms with Crippen LogP contribution in [0.3, 0.4) is 0 Å². The quantitative estimate of drug-likeness (QED) is 0.828. The predicted octanol–water partition coefficient (Wildman–Crippen LogP) is 0.927. The van der Waals surface area contributed by atoms with Gasteiger partial charge in [0.15, 0.2) is 0 Å². The summed E-state index contributed by atoms with van der Waals surface area (Å²) in [6.45, 7) is 7.39. The lowest BCUT2D eigenvalue weighted by Gasteiger charge is -2.33. The van der Waals surface area contributed by atoms with Crippen LogP contribution in [0.25, 0.3) is 0 Å². The summed E-state index contributed by atoms with van der Waals surface area (Å²) < 4.78 is 5.39. The number of ether oxygens (including phenoxy) is 1. The third kappa shape index (κ3) is 3.26. The molecule has 0 saturated carbocycles. The van der Waals surface area contributed by atoms with Crippen molar-refractivity contribution in [2.24, 2.45) is 5.92 Å². The van der Waals surface area contributed by atoms with Gasteiger partial charge in [0, 0.05) is 19.1 Å². The van der Waals surface area contributed by atoms with E-state index in [-0.39, 0.29) is 29.9 Å². The molecular weight excluding hydrogens is 244 g/mol. The second-order valence-electron chi connectivity index (χ2n) is 6.07. The minimum absolute atomic E-state index is 0.0204. The summed E-state index contributed by atoms with van der Waals surface area (Å²) in [6, 6.07) is -0.292. The number of rotatable bonds is 3. The van der Waals surface area contributed by atoms with Crippen molar-refractivity contribution in [3.8, 4) is 0 Å². The Hall–Kier alpha value is -1.10. The first kappa shape index (κ1) is 14.3. The smallest absolute Gasteiger partial charge is 0.245 e. The zero-order chi connectivity index (χ0) is 14.0. The van der Waals surface area contributed by atoms with Crippen molar-refractivity contribution in [1.82, 2.24) is 10.2 Å². The predicted molar refractivity (Wildman–Crippen MR) is 71.5 cm³/mol. The number of carbonyl (C=O) groups is 2. The fourth-order valence-corrected chi connectivity index (χ4v) is 2.99. The molecule has 0 radical (unpaired) electrons. The van der Waals surface area contributed by atoms with Crippen LogP contribution in [0.4, 0.5) is 0 Å². The van der Waals surface area contributed by atoms with E-state index in [0.717, 1.165) is 6.42 Å². The summed E-state index contributed by atoms with van der Waals surface area (Å²) in [5.41, 5.74) is 0. The highest BCUT2D eigenvalue weighted by atomic mass is 16.5. The van der Waals surface area contributed by atoms with Crippen LogP contribution in [0.1, 0.15) is 40.0 Å². The minimum Gasteiger partial charge on any atom is -0.379 e. The highest BCUT2D eigenvalue weighted by Gasteiger charge is 2.38. The largest absolute Gasteiger partial charge is 0.379 e. The summed E-state index contributed by atoms with van der Waals surface area (Å²) in [5.74, 6) is 0.416. The summed E-state index contributed by atoms with van der Waals surface area (Å²) >= 11 is 0. The highest BCUT2D eigenvalue weighted by molar-refractivity contribution is 5.90. The van der Waals surface area contributed by atoms with Gasteiger partial charge < -0.3 is 15.0 Å². The van der Waals surface area contributed by atoms with Crippen LogP contribution < -0.4 is 5.32 Å². The van der Waals surface area contributed by atoms with E-state index in [0.29, 0.717) is 32.0 Å². The van der Waals surface area contributed by atoms with E-state index in [4.69, 9.17) is 4.74 Å². The Kier molecular flexibility index (Phi) is 4.45. The van der Waals surface area contributed by atoms with E-state index < -0.39 is 0 Å². The maximum Gasteiger partial charge on any atom is 0.245 e. The van der Waals surface area contributed by atoms with Gasteiger partial charge in [0.25, 0.3) is 0 Å². The molecule has 2 rings (SSSR count). The SMILES string of the molecule is CC(C)CC1NC(=O)CC(C)N(C2CCOC2)C1=O. The van der Waals surface area contributed by atoms with E-state index >= 15 is 0 Å². The van der Waals surface area contributed by atoms with Crippen molar-refractivity contribution in [2.45, 2.75) is 58.2 Å². The molecule has 0 bridgehead atoms. The first-order chi connectivity index (χ1) is 8.99. The van der Waals surface area contributed by atoms with Crippen molar-refractivity contribution in [1.29, 1.82) is 0 Å². The molecule has 5 nitrogen and oxygen atoms in total. The second-order valence-corrected chi connectivity index (χ2v) is 6.07. The number of nitrogens with one attached hydrogen (secondary N) is 1. The molecule has 0 spiro atoms. The fraction of sp³-hybridized carbons (Fsp3) is 0.857. The first-order valence-corrected chi connectivity index (χ1v) is 7.18. The minimum atomic E-state index is -0.377. The summed E-state index contributed by atoms with van der Waals surface area (Å²) in [7, 11) is 0. The molecule has 0 aromatic rings. The molecule has 2 amide bonds. The van der Waals surface area contributed by atoms with E-state index in [1.165, 1.54) is 0 Å². The number of carbonyl (C=O) groups excluding carboxylic acids is 2. The lowest BCUT2D eigenvalue weighted by atomic mass is 10.0. The van der Waals surface area contributed by atoms with Crippen molar-refractivity contribution in [3.05, 3.63) is 0 Å². The highest BCUT2D eigenvalue weighted by Crippen LogP contribution is 2.22. The molecule has 0 aromatic heterocycles. The Balaban J connectivity index is 2.18. The average Bonchev–Trinajstić information content (AvgIpc) is 2.77. The zero-order valence-corrected chi connectivity index (χ0v) is 12.0. The standard InChI is InChI=1S/C14H24N2O3/c1-9(2)6-12-14(18)16(11-4-5-19-8-11)10(3)7-13(17)15-12/h9-12H,4-8H2,1-3H3,(H,15,17). The van der Waals surface area contributed by atoms with Gasteiger partial charge in [-0.1, -0.05) is 13.8 Å². The van der Waals surface area contributed by atoms with Crippen molar-refractivity contribution in [2.75, 3.05) is 13.2 Å². The van der Waals surface area contributed by atoms with Crippen molar-refractivity contribution < 1.29 is 14.3 Å². The Morgan fingerprint density at radius 1 is 1.42 bits per heavy atom. The van der Waals surface area contributed by atoms with E-state index in [1.807, 2.05) is 11.8 Å². The Labute approximate surface area is 114 Å². The molecule has 0 aromatic carbocycles. The van der Waals surface area contributed by atoms with Crippen LogP contribution in [-0.4, -0.2) is 48.1 Å². The van der Waals surface area contributed by atoms with Gasteiger partial charge in [0.1, 0.15) is 6.04 Å². The number of hydrogen-bond acceptors (Lipinski definition) is 3. The summed E-state index contributed by atoms with van der Waals surface area (Å²) in [4.78, 5) is 26.4. The molecule has 2 heterocycles. The normalized spacial score (nSPS) is 32.6. The van der Waals surface area contributed by atoms with Gasteiger partial charge in [0.05, 0.1) is 12.6 Å². The monoisotopic (exact) mass is 268 g/mol. The van der Waals surface area contributed by atoms with Gasteiger partial charge in [-0.25, -0.2) is 0 Å². The van der Waals surface area contributed by atoms with Crippen LogP contribution in [-0.2, 0) is 14.3 Å². The molecule has 19 heavy (non-hydrogen) atoms. The van der Waals surface area contributed by atoms with Gasteiger partial charge in [-0.2, -0.15) is 0 Å².